The van der Waals surface area contributed by atoms with Crippen LogP contribution in [0.1, 0.15) is 40.2 Å². The predicted octanol–water partition coefficient (Wildman–Crippen LogP) is 3.38. The SMILES string of the molecule is Cc1cc(C(=O)NCc2cccnc2NC2CCN(Cc3ccccc3)CC2)no1. The van der Waals surface area contributed by atoms with Crippen molar-refractivity contribution in [3.63, 3.8) is 0 Å². The molecule has 1 amide bonds. The molecule has 0 bridgehead atoms. The lowest BCUT2D eigenvalue weighted by Gasteiger charge is -2.33. The van der Waals surface area contributed by atoms with Crippen LogP contribution in [0.4, 0.5) is 5.82 Å². The second-order valence-corrected chi connectivity index (χ2v) is 7.70. The predicted molar refractivity (Wildman–Crippen MR) is 115 cm³/mol. The fourth-order valence-electron chi connectivity index (χ4n) is 3.72. The third-order valence-corrected chi connectivity index (χ3v) is 5.37. The van der Waals surface area contributed by atoms with Crippen molar-refractivity contribution in [3.05, 3.63) is 77.3 Å². The smallest absolute Gasteiger partial charge is 0.273 e. The first-order valence-corrected chi connectivity index (χ1v) is 10.4. The number of likely N-dealkylation sites (tertiary alicyclic amines) is 1. The van der Waals surface area contributed by atoms with Crippen molar-refractivity contribution >= 4 is 11.7 Å². The summed E-state index contributed by atoms with van der Waals surface area (Å²) in [6, 6.07) is 16.5. The van der Waals surface area contributed by atoms with Gasteiger partial charge < -0.3 is 15.2 Å². The van der Waals surface area contributed by atoms with E-state index in [1.807, 2.05) is 12.1 Å². The fourth-order valence-corrected chi connectivity index (χ4v) is 3.72. The maximum atomic E-state index is 12.2. The second kappa shape index (κ2) is 9.54. The quantitative estimate of drug-likeness (QED) is 0.627. The summed E-state index contributed by atoms with van der Waals surface area (Å²) >= 11 is 0. The number of benzene rings is 1. The number of amides is 1. The zero-order chi connectivity index (χ0) is 20.8. The van der Waals surface area contributed by atoms with Crippen LogP contribution in [-0.2, 0) is 13.1 Å². The Morgan fingerprint density at radius 2 is 1.97 bits per heavy atom. The van der Waals surface area contributed by atoms with E-state index < -0.39 is 0 Å². The Labute approximate surface area is 176 Å². The van der Waals surface area contributed by atoms with Gasteiger partial charge in [0.2, 0.25) is 0 Å². The standard InChI is InChI=1S/C23H27N5O2/c1-17-14-21(27-30-17)23(29)25-15-19-8-5-11-24-22(19)26-20-9-12-28(13-10-20)16-18-6-3-2-4-7-18/h2-8,11,14,20H,9-10,12-13,15-16H2,1H3,(H,24,26)(H,25,29). The number of nitrogens with one attached hydrogen (secondary N) is 2. The number of hydrogen-bond donors (Lipinski definition) is 2. The van der Waals surface area contributed by atoms with Crippen LogP contribution in [0, 0.1) is 6.92 Å². The lowest BCUT2D eigenvalue weighted by molar-refractivity contribution is 0.0942. The van der Waals surface area contributed by atoms with Gasteiger partial charge in [-0.1, -0.05) is 41.6 Å². The first kappa shape index (κ1) is 20.1. The lowest BCUT2D eigenvalue weighted by atomic mass is 10.0. The van der Waals surface area contributed by atoms with Crippen LogP contribution in [0.2, 0.25) is 0 Å². The summed E-state index contributed by atoms with van der Waals surface area (Å²) in [6.45, 7) is 5.25. The summed E-state index contributed by atoms with van der Waals surface area (Å²) in [6.07, 6.45) is 3.90. The second-order valence-electron chi connectivity index (χ2n) is 7.70. The maximum absolute atomic E-state index is 12.2. The van der Waals surface area contributed by atoms with Crippen molar-refractivity contribution in [3.8, 4) is 0 Å². The summed E-state index contributed by atoms with van der Waals surface area (Å²) in [5.41, 5.74) is 2.60. The van der Waals surface area contributed by atoms with Gasteiger partial charge in [0.15, 0.2) is 5.69 Å². The minimum Gasteiger partial charge on any atom is -0.367 e. The molecule has 3 aromatic rings. The number of carbonyl (C=O) groups is 1. The normalized spacial score (nSPS) is 15.1. The molecule has 0 spiro atoms. The molecule has 2 aromatic heterocycles. The first-order valence-electron chi connectivity index (χ1n) is 10.4. The van der Waals surface area contributed by atoms with Crippen molar-refractivity contribution in [2.24, 2.45) is 0 Å². The third kappa shape index (κ3) is 5.24. The van der Waals surface area contributed by atoms with Crippen LogP contribution in [0.5, 0.6) is 0 Å². The molecule has 7 heteroatoms. The molecular weight excluding hydrogens is 378 g/mol. The van der Waals surface area contributed by atoms with Gasteiger partial charge in [0.25, 0.3) is 5.91 Å². The monoisotopic (exact) mass is 405 g/mol. The van der Waals surface area contributed by atoms with Gasteiger partial charge in [-0.25, -0.2) is 4.98 Å². The van der Waals surface area contributed by atoms with Crippen molar-refractivity contribution in [1.82, 2.24) is 20.4 Å². The molecule has 1 saturated heterocycles. The molecule has 2 N–H and O–H groups in total. The van der Waals surface area contributed by atoms with Crippen LogP contribution >= 0.6 is 0 Å². The number of nitrogens with zero attached hydrogens (tertiary/aromatic N) is 3. The summed E-state index contributed by atoms with van der Waals surface area (Å²) in [4.78, 5) is 19.2. The van der Waals surface area contributed by atoms with E-state index in [1.165, 1.54) is 5.56 Å². The molecule has 7 nitrogen and oxygen atoms in total. The van der Waals surface area contributed by atoms with Gasteiger partial charge in [-0.05, 0) is 31.4 Å². The van der Waals surface area contributed by atoms with Crippen LogP contribution < -0.4 is 10.6 Å². The van der Waals surface area contributed by atoms with Gasteiger partial charge in [-0.2, -0.15) is 0 Å². The number of anilines is 1. The summed E-state index contributed by atoms with van der Waals surface area (Å²) in [5, 5.41) is 10.2. The number of piperidine rings is 1. The molecular formula is C23H27N5O2. The average Bonchev–Trinajstić information content (AvgIpc) is 3.21. The topological polar surface area (TPSA) is 83.3 Å². The van der Waals surface area contributed by atoms with Crippen LogP contribution in [0.25, 0.3) is 0 Å². The Balaban J connectivity index is 1.29. The highest BCUT2D eigenvalue weighted by Crippen LogP contribution is 2.19. The average molecular weight is 406 g/mol. The molecule has 3 heterocycles. The van der Waals surface area contributed by atoms with Gasteiger partial charge in [0.05, 0.1) is 0 Å². The molecule has 4 rings (SSSR count). The number of aryl methyl sites for hydroxylation is 1. The Bertz CT molecular complexity index is 964. The summed E-state index contributed by atoms with van der Waals surface area (Å²) < 4.78 is 4.97. The first-order chi connectivity index (χ1) is 14.7. The van der Waals surface area contributed by atoms with E-state index in [1.54, 1.807) is 19.2 Å². The van der Waals surface area contributed by atoms with Crippen molar-refractivity contribution in [2.75, 3.05) is 18.4 Å². The van der Waals surface area contributed by atoms with E-state index in [9.17, 15) is 4.79 Å². The molecule has 1 aliphatic rings. The Morgan fingerprint density at radius 1 is 1.17 bits per heavy atom. The molecule has 0 radical (unpaired) electrons. The molecule has 1 aromatic carbocycles. The highest BCUT2D eigenvalue weighted by atomic mass is 16.5. The highest BCUT2D eigenvalue weighted by molar-refractivity contribution is 5.92. The van der Waals surface area contributed by atoms with E-state index in [0.717, 1.165) is 43.9 Å². The van der Waals surface area contributed by atoms with Gasteiger partial charge >= 0.3 is 0 Å². The van der Waals surface area contributed by atoms with E-state index in [-0.39, 0.29) is 11.6 Å². The molecule has 0 saturated carbocycles. The lowest BCUT2D eigenvalue weighted by Crippen LogP contribution is -2.39. The van der Waals surface area contributed by atoms with Gasteiger partial charge in [-0.15, -0.1) is 0 Å². The Hall–Kier alpha value is -3.19. The minimum absolute atomic E-state index is 0.254. The van der Waals surface area contributed by atoms with Crippen molar-refractivity contribution < 1.29 is 9.32 Å². The molecule has 1 aliphatic heterocycles. The van der Waals surface area contributed by atoms with Crippen LogP contribution in [-0.4, -0.2) is 40.1 Å². The van der Waals surface area contributed by atoms with Crippen molar-refractivity contribution in [2.45, 2.75) is 38.9 Å². The van der Waals surface area contributed by atoms with Crippen molar-refractivity contribution in [1.29, 1.82) is 0 Å². The zero-order valence-corrected chi connectivity index (χ0v) is 17.2. The summed E-state index contributed by atoms with van der Waals surface area (Å²) in [7, 11) is 0. The van der Waals surface area contributed by atoms with Crippen LogP contribution in [0.15, 0.2) is 59.3 Å². The number of carbonyl (C=O) groups excluding carboxylic acids is 1. The largest absolute Gasteiger partial charge is 0.367 e. The number of pyridine rings is 1. The maximum Gasteiger partial charge on any atom is 0.273 e. The fraction of sp³-hybridized carbons (Fsp3) is 0.348. The van der Waals surface area contributed by atoms with Gasteiger partial charge in [-0.3, -0.25) is 9.69 Å². The zero-order valence-electron chi connectivity index (χ0n) is 17.2. The molecule has 0 aliphatic carbocycles. The Morgan fingerprint density at radius 3 is 2.70 bits per heavy atom. The minimum atomic E-state index is -0.254. The van der Waals surface area contributed by atoms with Gasteiger partial charge in [0.1, 0.15) is 11.6 Å². The molecule has 1 fully saturated rings. The van der Waals surface area contributed by atoms with E-state index >= 15 is 0 Å². The molecule has 0 unspecified atom stereocenters. The number of aromatic nitrogens is 2. The Kier molecular flexibility index (Phi) is 6.39. The molecule has 0 atom stereocenters. The van der Waals surface area contributed by atoms with E-state index in [0.29, 0.717) is 18.3 Å². The number of hydrogen-bond acceptors (Lipinski definition) is 6. The van der Waals surface area contributed by atoms with E-state index in [4.69, 9.17) is 4.52 Å². The molecule has 30 heavy (non-hydrogen) atoms. The third-order valence-electron chi connectivity index (χ3n) is 5.37. The summed E-state index contributed by atoms with van der Waals surface area (Å²) in [5.74, 6) is 1.19. The highest BCUT2D eigenvalue weighted by Gasteiger charge is 2.20. The molecule has 156 valence electrons. The van der Waals surface area contributed by atoms with E-state index in [2.05, 4.69) is 56.0 Å². The van der Waals surface area contributed by atoms with Gasteiger partial charge in [0, 0.05) is 50.0 Å². The number of rotatable bonds is 7. The van der Waals surface area contributed by atoms with Crippen LogP contribution in [0.3, 0.4) is 0 Å².